The topological polar surface area (TPSA) is 113 Å². The summed E-state index contributed by atoms with van der Waals surface area (Å²) in [6.07, 6.45) is 4.09. The summed E-state index contributed by atoms with van der Waals surface area (Å²) in [5.41, 5.74) is 7.65. The van der Waals surface area contributed by atoms with Crippen molar-refractivity contribution in [2.45, 2.75) is 25.7 Å². The Morgan fingerprint density at radius 3 is 2.27 bits per heavy atom. The van der Waals surface area contributed by atoms with E-state index in [1.807, 2.05) is 6.07 Å². The van der Waals surface area contributed by atoms with Crippen LogP contribution >= 0.6 is 0 Å². The summed E-state index contributed by atoms with van der Waals surface area (Å²) < 4.78 is 45.8. The van der Waals surface area contributed by atoms with Crippen LogP contribution in [0.4, 0.5) is 0 Å². The molecule has 0 amide bonds. The Labute approximate surface area is 194 Å². The highest BCUT2D eigenvalue weighted by atomic mass is 35.7. The van der Waals surface area contributed by atoms with Crippen LogP contribution in [0.2, 0.25) is 0 Å². The lowest BCUT2D eigenvalue weighted by Crippen LogP contribution is -2.68. The molecule has 5 rings (SSSR count). The van der Waals surface area contributed by atoms with Crippen molar-refractivity contribution in [3.05, 3.63) is 95.1 Å². The lowest BCUT2D eigenvalue weighted by atomic mass is 9.85. The van der Waals surface area contributed by atoms with Crippen molar-refractivity contribution in [1.82, 2.24) is 0 Å². The second-order valence-electron chi connectivity index (χ2n) is 7.77. The number of methoxy groups -OCH3 is 1. The SMILES string of the molecule is COc1ccc2c(c1)CCc1c-2[o+]c2ccccc2c1CCc1ccccc1.[O-][Cl+3]([O-])([O-])[O-]. The van der Waals surface area contributed by atoms with Gasteiger partial charge in [-0.25, -0.2) is 23.1 Å². The van der Waals surface area contributed by atoms with Crippen LogP contribution in [0.1, 0.15) is 22.3 Å². The Hall–Kier alpha value is -3.00. The monoisotopic (exact) mass is 466 g/mol. The fraction of sp³-hybridized carbons (Fsp3) is 0.192. The van der Waals surface area contributed by atoms with Crippen molar-refractivity contribution in [2.75, 3.05) is 7.11 Å². The van der Waals surface area contributed by atoms with E-state index in [-0.39, 0.29) is 0 Å². The first-order valence-electron chi connectivity index (χ1n) is 10.5. The molecule has 4 aromatic rings. The summed E-state index contributed by atoms with van der Waals surface area (Å²) in [4.78, 5) is 0. The van der Waals surface area contributed by atoms with Crippen LogP contribution in [0.5, 0.6) is 5.75 Å². The Morgan fingerprint density at radius 1 is 0.848 bits per heavy atom. The van der Waals surface area contributed by atoms with Gasteiger partial charge in [-0.15, -0.1) is 10.2 Å². The molecule has 0 saturated heterocycles. The zero-order chi connectivity index (χ0) is 23.4. The quantitative estimate of drug-likeness (QED) is 0.421. The van der Waals surface area contributed by atoms with Crippen LogP contribution in [-0.2, 0) is 25.7 Å². The van der Waals surface area contributed by atoms with Crippen molar-refractivity contribution in [3.63, 3.8) is 0 Å². The first-order valence-corrected chi connectivity index (χ1v) is 11.8. The highest BCUT2D eigenvalue weighted by Crippen LogP contribution is 2.40. The average Bonchev–Trinajstić information content (AvgIpc) is 2.81. The third kappa shape index (κ3) is 5.68. The largest absolute Gasteiger partial charge is 0.497 e. The van der Waals surface area contributed by atoms with Gasteiger partial charge in [-0.1, -0.05) is 42.5 Å². The lowest BCUT2D eigenvalue weighted by Gasteiger charge is -2.17. The molecule has 0 radical (unpaired) electrons. The molecule has 0 saturated carbocycles. The van der Waals surface area contributed by atoms with Gasteiger partial charge in [0.2, 0.25) is 0 Å². The number of para-hydroxylation sites is 1. The molecule has 0 aliphatic heterocycles. The van der Waals surface area contributed by atoms with E-state index >= 15 is 0 Å². The third-order valence-electron chi connectivity index (χ3n) is 5.77. The van der Waals surface area contributed by atoms with Crippen molar-refractivity contribution < 1.29 is 38.0 Å². The second kappa shape index (κ2) is 9.87. The summed E-state index contributed by atoms with van der Waals surface area (Å²) in [6.45, 7) is 0. The fourth-order valence-corrected chi connectivity index (χ4v) is 4.34. The van der Waals surface area contributed by atoms with E-state index in [1.165, 1.54) is 33.2 Å². The molecule has 6 nitrogen and oxygen atoms in total. The molecule has 0 spiro atoms. The number of halogens is 1. The van der Waals surface area contributed by atoms with Crippen LogP contribution in [0.25, 0.3) is 22.3 Å². The summed E-state index contributed by atoms with van der Waals surface area (Å²) in [5, 5.41) is 1.24. The van der Waals surface area contributed by atoms with Gasteiger partial charge in [0.25, 0.3) is 0 Å². The standard InChI is InChI=1S/C26H23O2.ClHO4/c1-27-20-13-16-21-19(17-20)12-15-24-22(14-11-18-7-3-2-4-8-18)23-9-5-6-10-25(23)28-26(21)24;2-1(3,4)5/h2-10,13,16-17H,11-12,14-15H2,1H3;(H,2,3,4,5)/q+1;/p-1. The number of ether oxygens (including phenoxy) is 1. The molecule has 0 atom stereocenters. The zero-order valence-corrected chi connectivity index (χ0v) is 18.8. The molecule has 0 unspecified atom stereocenters. The number of fused-ring (bicyclic) bond motifs is 4. The van der Waals surface area contributed by atoms with Crippen LogP contribution in [-0.4, -0.2) is 7.11 Å². The summed E-state index contributed by atoms with van der Waals surface area (Å²) in [5.74, 6) is 1.94. The molecule has 3 aromatic carbocycles. The van der Waals surface area contributed by atoms with Gasteiger partial charge >= 0.3 is 11.3 Å². The first kappa shape index (κ1) is 23.2. The highest BCUT2D eigenvalue weighted by Gasteiger charge is 2.31. The maximum atomic E-state index is 8.49. The number of benzene rings is 3. The van der Waals surface area contributed by atoms with Crippen molar-refractivity contribution >= 4 is 11.0 Å². The zero-order valence-electron chi connectivity index (χ0n) is 18.1. The van der Waals surface area contributed by atoms with E-state index in [4.69, 9.17) is 27.8 Å². The van der Waals surface area contributed by atoms with Gasteiger partial charge in [0, 0.05) is 6.07 Å². The van der Waals surface area contributed by atoms with Gasteiger partial charge in [-0.2, -0.15) is 0 Å². The normalized spacial score (nSPS) is 12.4. The Bertz CT molecular complexity index is 1250. The van der Waals surface area contributed by atoms with Gasteiger partial charge in [0.05, 0.1) is 23.6 Å². The minimum absolute atomic E-state index is 0.910. The van der Waals surface area contributed by atoms with E-state index < -0.39 is 10.2 Å². The smallest absolute Gasteiger partial charge is 0.364 e. The van der Waals surface area contributed by atoms with Crippen molar-refractivity contribution in [1.29, 1.82) is 0 Å². The molecular formula is C26H23ClO6. The van der Waals surface area contributed by atoms with Crippen LogP contribution in [0.3, 0.4) is 0 Å². The Morgan fingerprint density at radius 2 is 1.55 bits per heavy atom. The second-order valence-corrected chi connectivity index (χ2v) is 8.53. The first-order chi connectivity index (χ1) is 15.8. The molecule has 0 bridgehead atoms. The van der Waals surface area contributed by atoms with Gasteiger partial charge in [0.1, 0.15) is 5.75 Å². The van der Waals surface area contributed by atoms with E-state index in [0.717, 1.165) is 42.8 Å². The molecule has 1 aromatic heterocycles. The maximum Gasteiger partial charge on any atom is 0.364 e. The summed E-state index contributed by atoms with van der Waals surface area (Å²) in [7, 11) is -3.22. The van der Waals surface area contributed by atoms with Gasteiger partial charge in [0.15, 0.2) is 0 Å². The van der Waals surface area contributed by atoms with Crippen LogP contribution in [0, 0.1) is 10.2 Å². The van der Waals surface area contributed by atoms with Crippen LogP contribution in [0.15, 0.2) is 77.2 Å². The van der Waals surface area contributed by atoms with Gasteiger partial charge in [-0.3, -0.25) is 0 Å². The summed E-state index contributed by atoms with van der Waals surface area (Å²) >= 11 is 0. The fourth-order valence-electron chi connectivity index (χ4n) is 4.34. The minimum Gasteiger partial charge on any atom is -0.497 e. The Balaban J connectivity index is 0.000000471. The molecule has 0 fully saturated rings. The van der Waals surface area contributed by atoms with Crippen LogP contribution < -0.4 is 23.4 Å². The van der Waals surface area contributed by atoms with Gasteiger partial charge in [-0.05, 0) is 66.6 Å². The van der Waals surface area contributed by atoms with Gasteiger partial charge < -0.3 is 4.74 Å². The molecule has 170 valence electrons. The van der Waals surface area contributed by atoms with Crippen molar-refractivity contribution in [2.24, 2.45) is 0 Å². The van der Waals surface area contributed by atoms with E-state index in [9.17, 15) is 0 Å². The molecule has 0 N–H and O–H groups in total. The van der Waals surface area contributed by atoms with Crippen molar-refractivity contribution in [3.8, 4) is 17.1 Å². The number of hydrogen-bond donors (Lipinski definition) is 0. The Kier molecular flexibility index (Phi) is 6.93. The highest BCUT2D eigenvalue weighted by molar-refractivity contribution is 5.86. The third-order valence-corrected chi connectivity index (χ3v) is 5.77. The molecule has 7 heteroatoms. The maximum absolute atomic E-state index is 8.49. The minimum atomic E-state index is -4.94. The lowest BCUT2D eigenvalue weighted by molar-refractivity contribution is -2.00. The molecular weight excluding hydrogens is 444 g/mol. The average molecular weight is 467 g/mol. The predicted octanol–water partition coefficient (Wildman–Crippen LogP) is 1.52. The van der Waals surface area contributed by atoms with E-state index in [0.29, 0.717) is 0 Å². The molecule has 1 aliphatic rings. The van der Waals surface area contributed by atoms with E-state index in [1.54, 1.807) is 7.11 Å². The molecule has 1 aliphatic carbocycles. The summed E-state index contributed by atoms with van der Waals surface area (Å²) in [6, 6.07) is 25.5. The number of rotatable bonds is 4. The van der Waals surface area contributed by atoms with E-state index in [2.05, 4.69) is 66.7 Å². The number of hydrogen-bond acceptors (Lipinski definition) is 5. The predicted molar refractivity (Wildman–Crippen MR) is 114 cm³/mol. The number of aryl methyl sites for hydroxylation is 3. The molecule has 33 heavy (non-hydrogen) atoms. The molecule has 1 heterocycles.